The Bertz CT molecular complexity index is 1820. The normalized spacial score (nSPS) is 11.4. The van der Waals surface area contributed by atoms with Crippen LogP contribution in [0.25, 0.3) is 38.9 Å². The summed E-state index contributed by atoms with van der Waals surface area (Å²) >= 11 is 0. The van der Waals surface area contributed by atoms with Gasteiger partial charge < -0.3 is 9.47 Å². The Labute approximate surface area is 206 Å². The van der Waals surface area contributed by atoms with Crippen molar-refractivity contribution in [1.29, 1.82) is 0 Å². The van der Waals surface area contributed by atoms with E-state index in [9.17, 15) is 4.79 Å². The molecule has 0 aliphatic carbocycles. The first-order valence-corrected chi connectivity index (χ1v) is 11.5. The second-order valence-electron chi connectivity index (χ2n) is 8.62. The third-order valence-corrected chi connectivity index (χ3v) is 6.33. The zero-order chi connectivity index (χ0) is 24.8. The van der Waals surface area contributed by atoms with Crippen molar-refractivity contribution in [1.82, 2.24) is 24.1 Å². The molecule has 178 valence electrons. The van der Waals surface area contributed by atoms with Gasteiger partial charge in [-0.15, -0.1) is 0 Å². The Hall–Kier alpha value is -4.72. The molecular formula is C28H23N5O3. The first-order valence-electron chi connectivity index (χ1n) is 11.5. The smallest absolute Gasteiger partial charge is 0.265 e. The number of rotatable bonds is 5. The maximum absolute atomic E-state index is 13.9. The number of nitrogens with zero attached hydrogens (tertiary/aromatic N) is 5. The Morgan fingerprint density at radius 3 is 2.33 bits per heavy atom. The molecule has 0 aliphatic rings. The van der Waals surface area contributed by atoms with Crippen molar-refractivity contribution in [3.63, 3.8) is 0 Å². The summed E-state index contributed by atoms with van der Waals surface area (Å²) in [4.78, 5) is 28.4. The predicted molar refractivity (Wildman–Crippen MR) is 139 cm³/mol. The second kappa shape index (κ2) is 8.49. The van der Waals surface area contributed by atoms with Crippen molar-refractivity contribution in [2.24, 2.45) is 0 Å². The highest BCUT2D eigenvalue weighted by Gasteiger charge is 2.23. The number of aromatic nitrogens is 5. The van der Waals surface area contributed by atoms with E-state index in [1.807, 2.05) is 78.2 Å². The molecule has 0 spiro atoms. The van der Waals surface area contributed by atoms with Crippen LogP contribution in [0.4, 0.5) is 0 Å². The summed E-state index contributed by atoms with van der Waals surface area (Å²) in [6.07, 6.45) is 1.58. The van der Waals surface area contributed by atoms with Crippen LogP contribution < -0.4 is 15.0 Å². The van der Waals surface area contributed by atoms with Gasteiger partial charge in [-0.3, -0.25) is 13.9 Å². The second-order valence-corrected chi connectivity index (χ2v) is 8.62. The van der Waals surface area contributed by atoms with Crippen molar-refractivity contribution in [2.75, 3.05) is 14.2 Å². The highest BCUT2D eigenvalue weighted by Crippen LogP contribution is 2.34. The van der Waals surface area contributed by atoms with Gasteiger partial charge in [0.1, 0.15) is 28.7 Å². The fourth-order valence-electron chi connectivity index (χ4n) is 4.47. The topological polar surface area (TPSA) is 84.1 Å². The maximum atomic E-state index is 13.9. The number of para-hydroxylation sites is 2. The molecular weight excluding hydrogens is 454 g/mol. The molecule has 3 aromatic heterocycles. The summed E-state index contributed by atoms with van der Waals surface area (Å²) in [5.41, 5.74) is 5.54. The van der Waals surface area contributed by atoms with E-state index in [2.05, 4.69) is 0 Å². The van der Waals surface area contributed by atoms with E-state index in [4.69, 9.17) is 24.4 Å². The summed E-state index contributed by atoms with van der Waals surface area (Å²) < 4.78 is 14.6. The van der Waals surface area contributed by atoms with Gasteiger partial charge in [-0.1, -0.05) is 42.0 Å². The Morgan fingerprint density at radius 2 is 1.61 bits per heavy atom. The van der Waals surface area contributed by atoms with E-state index >= 15 is 0 Å². The van der Waals surface area contributed by atoms with E-state index in [0.717, 1.165) is 16.6 Å². The maximum Gasteiger partial charge on any atom is 0.265 e. The number of aryl methyl sites for hydroxylation is 1. The summed E-state index contributed by atoms with van der Waals surface area (Å²) in [5.74, 6) is 1.23. The number of ether oxygens (including phenoxy) is 2. The molecule has 3 aromatic carbocycles. The van der Waals surface area contributed by atoms with Crippen molar-refractivity contribution in [2.45, 2.75) is 13.5 Å². The van der Waals surface area contributed by atoms with Gasteiger partial charge >= 0.3 is 0 Å². The van der Waals surface area contributed by atoms with Crippen LogP contribution in [-0.2, 0) is 6.54 Å². The van der Waals surface area contributed by atoms with Gasteiger partial charge in [-0.05, 0) is 36.8 Å². The molecule has 0 saturated carbocycles. The Morgan fingerprint density at radius 1 is 0.861 bits per heavy atom. The van der Waals surface area contributed by atoms with E-state index in [1.54, 1.807) is 25.1 Å². The molecule has 36 heavy (non-hydrogen) atoms. The van der Waals surface area contributed by atoms with Crippen LogP contribution in [-0.4, -0.2) is 38.3 Å². The average Bonchev–Trinajstić information content (AvgIpc) is 3.23. The van der Waals surface area contributed by atoms with Crippen molar-refractivity contribution >= 4 is 33.2 Å². The predicted octanol–water partition coefficient (Wildman–Crippen LogP) is 4.66. The van der Waals surface area contributed by atoms with Crippen LogP contribution in [0.5, 0.6) is 11.5 Å². The van der Waals surface area contributed by atoms with Crippen LogP contribution in [0.15, 0.2) is 77.9 Å². The number of hydrogen-bond acceptors (Lipinski definition) is 6. The first kappa shape index (κ1) is 21.8. The van der Waals surface area contributed by atoms with Gasteiger partial charge in [0.2, 0.25) is 0 Å². The summed E-state index contributed by atoms with van der Waals surface area (Å²) in [6, 6.07) is 21.2. The van der Waals surface area contributed by atoms with Gasteiger partial charge in [-0.2, -0.15) is 0 Å². The average molecular weight is 478 g/mol. The van der Waals surface area contributed by atoms with Gasteiger partial charge in [0, 0.05) is 6.07 Å². The highest BCUT2D eigenvalue weighted by molar-refractivity contribution is 6.06. The van der Waals surface area contributed by atoms with Crippen molar-refractivity contribution in [3.05, 3.63) is 94.5 Å². The fraction of sp³-hybridized carbons (Fsp3) is 0.143. The molecule has 0 fully saturated rings. The Kier molecular flexibility index (Phi) is 5.14. The molecule has 0 radical (unpaired) electrons. The lowest BCUT2D eigenvalue weighted by molar-refractivity contribution is 0.402. The first-order chi connectivity index (χ1) is 17.6. The zero-order valence-corrected chi connectivity index (χ0v) is 20.1. The molecule has 8 nitrogen and oxygen atoms in total. The molecule has 0 N–H and O–H groups in total. The quantitative estimate of drug-likeness (QED) is 0.359. The lowest BCUT2D eigenvalue weighted by Gasteiger charge is -2.13. The molecule has 0 saturated heterocycles. The molecule has 6 rings (SSSR count). The molecule has 0 unspecified atom stereocenters. The molecule has 0 atom stereocenters. The van der Waals surface area contributed by atoms with Crippen LogP contribution in [0.3, 0.4) is 0 Å². The monoisotopic (exact) mass is 477 g/mol. The number of hydrogen-bond donors (Lipinski definition) is 0. The van der Waals surface area contributed by atoms with E-state index in [-0.39, 0.29) is 5.56 Å². The zero-order valence-electron chi connectivity index (χ0n) is 20.1. The number of fused-ring (bicyclic) bond motifs is 4. The van der Waals surface area contributed by atoms with Crippen LogP contribution in [0.2, 0.25) is 0 Å². The molecule has 0 amide bonds. The Balaban J connectivity index is 1.69. The SMILES string of the molecule is COc1ccc(OC)c(-n2c3nc4ccccc4nc3c3c(=O)n(Cc4ccc(C)cc4)cnc32)c1. The van der Waals surface area contributed by atoms with Gasteiger partial charge in [0.05, 0.1) is 37.5 Å². The molecule has 3 heterocycles. The minimum Gasteiger partial charge on any atom is -0.497 e. The van der Waals surface area contributed by atoms with Crippen molar-refractivity contribution in [3.8, 4) is 17.2 Å². The number of methoxy groups -OCH3 is 2. The summed E-state index contributed by atoms with van der Waals surface area (Å²) in [5, 5.41) is 0.405. The van der Waals surface area contributed by atoms with Crippen LogP contribution in [0.1, 0.15) is 11.1 Å². The molecule has 8 heteroatoms. The van der Waals surface area contributed by atoms with Crippen LogP contribution >= 0.6 is 0 Å². The molecule has 0 aliphatic heterocycles. The van der Waals surface area contributed by atoms with Crippen molar-refractivity contribution < 1.29 is 9.47 Å². The highest BCUT2D eigenvalue weighted by atomic mass is 16.5. The van der Waals surface area contributed by atoms with E-state index in [1.165, 1.54) is 0 Å². The fourth-order valence-corrected chi connectivity index (χ4v) is 4.47. The van der Waals surface area contributed by atoms with Gasteiger partial charge in [0.25, 0.3) is 5.56 Å². The lowest BCUT2D eigenvalue weighted by Crippen LogP contribution is -2.21. The number of benzene rings is 3. The standard InChI is InChI=1S/C28H23N5O3/c1-17-8-10-18(11-9-17)15-32-16-29-26-24(28(32)34)25-27(31-21-7-5-4-6-20(21)30-25)33(26)22-14-19(35-2)12-13-23(22)36-3/h4-14,16H,15H2,1-3H3. The molecule has 6 aromatic rings. The summed E-state index contributed by atoms with van der Waals surface area (Å²) in [7, 11) is 3.20. The van der Waals surface area contributed by atoms with Gasteiger partial charge in [0.15, 0.2) is 11.3 Å². The van der Waals surface area contributed by atoms with Crippen LogP contribution in [0, 0.1) is 6.92 Å². The largest absolute Gasteiger partial charge is 0.497 e. The third-order valence-electron chi connectivity index (χ3n) is 6.33. The minimum absolute atomic E-state index is 0.184. The lowest BCUT2D eigenvalue weighted by atomic mass is 10.1. The minimum atomic E-state index is -0.184. The third kappa shape index (κ3) is 3.46. The van der Waals surface area contributed by atoms with E-state index < -0.39 is 0 Å². The summed E-state index contributed by atoms with van der Waals surface area (Å²) in [6.45, 7) is 2.44. The molecule has 0 bridgehead atoms. The van der Waals surface area contributed by atoms with E-state index in [0.29, 0.717) is 51.4 Å². The van der Waals surface area contributed by atoms with Gasteiger partial charge in [-0.25, -0.2) is 15.0 Å².